The van der Waals surface area contributed by atoms with Crippen LogP contribution in [0.4, 0.5) is 24.8 Å². The van der Waals surface area contributed by atoms with Gasteiger partial charge in [-0.1, -0.05) is 0 Å². The molecule has 1 aliphatic heterocycles. The van der Waals surface area contributed by atoms with E-state index in [1.807, 2.05) is 6.07 Å². The third-order valence-electron chi connectivity index (χ3n) is 4.47. The summed E-state index contributed by atoms with van der Waals surface area (Å²) in [5, 5.41) is 4.08. The van der Waals surface area contributed by atoms with Gasteiger partial charge in [0.05, 0.1) is 11.9 Å². The van der Waals surface area contributed by atoms with Crippen LogP contribution in [0.3, 0.4) is 0 Å². The van der Waals surface area contributed by atoms with Gasteiger partial charge in [-0.25, -0.2) is 15.0 Å². The van der Waals surface area contributed by atoms with Crippen LogP contribution < -0.4 is 11.1 Å². The lowest BCUT2D eigenvalue weighted by molar-refractivity contribution is -0.148. The summed E-state index contributed by atoms with van der Waals surface area (Å²) in [4.78, 5) is 14.0. The second-order valence-electron chi connectivity index (χ2n) is 6.38. The highest BCUT2D eigenvalue weighted by Crippen LogP contribution is 2.25. The van der Waals surface area contributed by atoms with Crippen LogP contribution in [0.5, 0.6) is 0 Å². The fourth-order valence-electron chi connectivity index (χ4n) is 3.18. The first kappa shape index (κ1) is 17.7. The van der Waals surface area contributed by atoms with E-state index >= 15 is 0 Å². The Bertz CT molecular complexity index is 713. The first-order valence-electron chi connectivity index (χ1n) is 8.31. The molecule has 9 heteroatoms. The van der Waals surface area contributed by atoms with Crippen LogP contribution in [0.25, 0.3) is 11.0 Å². The highest BCUT2D eigenvalue weighted by molar-refractivity contribution is 5.86. The summed E-state index contributed by atoms with van der Waals surface area (Å²) in [5.41, 5.74) is 6.19. The molecule has 1 aliphatic rings. The number of anilines is 2. The van der Waals surface area contributed by atoms with Crippen LogP contribution in [0.1, 0.15) is 19.3 Å². The van der Waals surface area contributed by atoms with E-state index in [1.165, 1.54) is 11.2 Å². The van der Waals surface area contributed by atoms with E-state index in [0.717, 1.165) is 24.6 Å². The highest BCUT2D eigenvalue weighted by atomic mass is 19.4. The smallest absolute Gasteiger partial charge is 0.384 e. The second-order valence-corrected chi connectivity index (χ2v) is 6.38. The van der Waals surface area contributed by atoms with Gasteiger partial charge in [0.15, 0.2) is 5.65 Å². The Morgan fingerprint density at radius 1 is 1.20 bits per heavy atom. The highest BCUT2D eigenvalue weighted by Gasteiger charge is 2.32. The summed E-state index contributed by atoms with van der Waals surface area (Å²) in [7, 11) is 0. The molecule has 3 N–H and O–H groups in total. The molecule has 3 heterocycles. The molecule has 1 saturated heterocycles. The number of pyridine rings is 1. The average molecular weight is 354 g/mol. The topological polar surface area (TPSA) is 80.0 Å². The lowest BCUT2D eigenvalue weighted by Crippen LogP contribution is -2.40. The second kappa shape index (κ2) is 7.38. The molecule has 25 heavy (non-hydrogen) atoms. The third kappa shape index (κ3) is 4.91. The van der Waals surface area contributed by atoms with Crippen molar-refractivity contribution < 1.29 is 13.2 Å². The van der Waals surface area contributed by atoms with Crippen LogP contribution in [-0.2, 0) is 0 Å². The Kier molecular flexibility index (Phi) is 5.22. The van der Waals surface area contributed by atoms with Crippen LogP contribution in [0.15, 0.2) is 18.5 Å². The summed E-state index contributed by atoms with van der Waals surface area (Å²) < 4.78 is 37.2. The number of fused-ring (bicyclic) bond motifs is 1. The SMILES string of the molecule is Nc1ccc2c(NCCC3CCN(CC(F)(F)F)CC3)ncnc2n1. The molecule has 0 bridgehead atoms. The van der Waals surface area contributed by atoms with Crippen molar-refractivity contribution in [1.82, 2.24) is 19.9 Å². The number of alkyl halides is 3. The zero-order valence-corrected chi connectivity index (χ0v) is 13.8. The van der Waals surface area contributed by atoms with Gasteiger partial charge >= 0.3 is 6.18 Å². The number of piperidine rings is 1. The number of nitrogens with two attached hydrogens (primary N) is 1. The predicted octanol–water partition coefficient (Wildman–Crippen LogP) is 2.68. The van der Waals surface area contributed by atoms with Crippen molar-refractivity contribution in [2.75, 3.05) is 37.2 Å². The number of rotatable bonds is 5. The molecular formula is C16H21F3N6. The van der Waals surface area contributed by atoms with Crippen molar-refractivity contribution in [3.8, 4) is 0 Å². The predicted molar refractivity (Wildman–Crippen MR) is 90.1 cm³/mol. The van der Waals surface area contributed by atoms with Crippen LogP contribution in [-0.4, -0.2) is 52.2 Å². The third-order valence-corrected chi connectivity index (χ3v) is 4.47. The standard InChI is InChI=1S/C16H21F3N6/c17-16(18,19)9-25-7-4-11(5-8-25)3-6-21-14-12-1-2-13(20)24-15(12)23-10-22-14/h1-2,10-11H,3-9H2,(H3,20,21,22,23,24). The summed E-state index contributed by atoms with van der Waals surface area (Å²) in [6.45, 7) is 0.912. The van der Waals surface area contributed by atoms with Crippen LogP contribution >= 0.6 is 0 Å². The minimum atomic E-state index is -4.11. The van der Waals surface area contributed by atoms with E-state index in [-0.39, 0.29) is 0 Å². The molecule has 0 amide bonds. The minimum Gasteiger partial charge on any atom is -0.384 e. The van der Waals surface area contributed by atoms with Gasteiger partial charge in [-0.05, 0) is 50.4 Å². The molecule has 0 aliphatic carbocycles. The Morgan fingerprint density at radius 3 is 2.68 bits per heavy atom. The first-order chi connectivity index (χ1) is 11.9. The molecule has 0 unspecified atom stereocenters. The molecule has 0 atom stereocenters. The molecule has 136 valence electrons. The Balaban J connectivity index is 1.48. The van der Waals surface area contributed by atoms with E-state index in [4.69, 9.17) is 5.73 Å². The normalized spacial score (nSPS) is 17.1. The van der Waals surface area contributed by atoms with Gasteiger partial charge in [0.25, 0.3) is 0 Å². The van der Waals surface area contributed by atoms with Crippen molar-refractivity contribution in [2.45, 2.75) is 25.4 Å². The van der Waals surface area contributed by atoms with Crippen molar-refractivity contribution in [3.63, 3.8) is 0 Å². The Hall–Kier alpha value is -2.16. The van der Waals surface area contributed by atoms with Crippen molar-refractivity contribution in [1.29, 1.82) is 0 Å². The number of nitrogen functional groups attached to an aromatic ring is 1. The van der Waals surface area contributed by atoms with Gasteiger partial charge in [0, 0.05) is 6.54 Å². The molecule has 0 saturated carbocycles. The number of nitrogens with one attached hydrogen (secondary N) is 1. The van der Waals surface area contributed by atoms with Crippen molar-refractivity contribution >= 4 is 22.7 Å². The summed E-state index contributed by atoms with van der Waals surface area (Å²) in [6.07, 6.45) is -0.193. The number of aromatic nitrogens is 3. The molecule has 2 aromatic heterocycles. The fourth-order valence-corrected chi connectivity index (χ4v) is 3.18. The summed E-state index contributed by atoms with van der Waals surface area (Å²) in [6, 6.07) is 3.53. The number of nitrogens with zero attached hydrogens (tertiary/aromatic N) is 4. The van der Waals surface area contributed by atoms with Crippen molar-refractivity contribution in [2.24, 2.45) is 5.92 Å². The van der Waals surface area contributed by atoms with E-state index in [2.05, 4.69) is 20.3 Å². The van der Waals surface area contributed by atoms with Gasteiger partial charge in [0.2, 0.25) is 0 Å². The average Bonchev–Trinajstić information content (AvgIpc) is 2.55. The zero-order valence-electron chi connectivity index (χ0n) is 13.8. The lowest BCUT2D eigenvalue weighted by atomic mass is 9.93. The van der Waals surface area contributed by atoms with Gasteiger partial charge < -0.3 is 11.1 Å². The van der Waals surface area contributed by atoms with E-state index in [9.17, 15) is 13.2 Å². The molecule has 0 radical (unpaired) electrons. The summed E-state index contributed by atoms with van der Waals surface area (Å²) in [5.74, 6) is 1.54. The maximum atomic E-state index is 12.4. The number of halogens is 3. The number of likely N-dealkylation sites (tertiary alicyclic amines) is 1. The Morgan fingerprint density at radius 2 is 1.96 bits per heavy atom. The van der Waals surface area contributed by atoms with Crippen LogP contribution in [0, 0.1) is 5.92 Å². The molecule has 3 rings (SSSR count). The van der Waals surface area contributed by atoms with E-state index < -0.39 is 12.7 Å². The van der Waals surface area contributed by atoms with E-state index in [1.54, 1.807) is 6.07 Å². The van der Waals surface area contributed by atoms with Gasteiger partial charge in [-0.3, -0.25) is 4.90 Å². The lowest BCUT2D eigenvalue weighted by Gasteiger charge is -2.32. The first-order valence-corrected chi connectivity index (χ1v) is 8.31. The number of hydrogen-bond donors (Lipinski definition) is 2. The largest absolute Gasteiger partial charge is 0.401 e. The van der Waals surface area contributed by atoms with Crippen molar-refractivity contribution in [3.05, 3.63) is 18.5 Å². The maximum absolute atomic E-state index is 12.4. The monoisotopic (exact) mass is 354 g/mol. The van der Waals surface area contributed by atoms with Gasteiger partial charge in [0.1, 0.15) is 18.0 Å². The molecular weight excluding hydrogens is 333 g/mol. The Labute approximate surface area is 143 Å². The molecule has 1 fully saturated rings. The summed E-state index contributed by atoms with van der Waals surface area (Å²) >= 11 is 0. The molecule has 0 spiro atoms. The zero-order chi connectivity index (χ0) is 17.9. The van der Waals surface area contributed by atoms with Gasteiger partial charge in [-0.2, -0.15) is 13.2 Å². The molecule has 2 aromatic rings. The van der Waals surface area contributed by atoms with Gasteiger partial charge in [-0.15, -0.1) is 0 Å². The van der Waals surface area contributed by atoms with E-state index in [0.29, 0.717) is 42.8 Å². The molecule has 6 nitrogen and oxygen atoms in total. The molecule has 0 aromatic carbocycles. The number of hydrogen-bond acceptors (Lipinski definition) is 6. The maximum Gasteiger partial charge on any atom is 0.401 e. The fraction of sp³-hybridized carbons (Fsp3) is 0.562. The quantitative estimate of drug-likeness (QED) is 0.859. The minimum absolute atomic E-state index is 0.405. The van der Waals surface area contributed by atoms with Crippen LogP contribution in [0.2, 0.25) is 0 Å².